The molecule has 124 valence electrons. The highest BCUT2D eigenvalue weighted by Crippen LogP contribution is 2.29. The van der Waals surface area contributed by atoms with Gasteiger partial charge in [0.1, 0.15) is 5.75 Å². The highest BCUT2D eigenvalue weighted by molar-refractivity contribution is 7.16. The van der Waals surface area contributed by atoms with Crippen LogP contribution in [0.25, 0.3) is 6.08 Å². The van der Waals surface area contributed by atoms with Gasteiger partial charge in [0, 0.05) is 23.1 Å². The molecule has 0 radical (unpaired) electrons. The molecule has 0 spiro atoms. The Hall–Kier alpha value is -3.27. The van der Waals surface area contributed by atoms with Crippen LogP contribution in [0.2, 0.25) is 0 Å². The molecule has 9 nitrogen and oxygen atoms in total. The van der Waals surface area contributed by atoms with Crippen LogP contribution in [-0.2, 0) is 4.79 Å². The molecule has 0 aliphatic rings. The van der Waals surface area contributed by atoms with E-state index in [4.69, 9.17) is 4.74 Å². The van der Waals surface area contributed by atoms with Crippen LogP contribution in [0.3, 0.4) is 0 Å². The normalized spacial score (nSPS) is 10.5. The number of nitrogens with one attached hydrogen (secondary N) is 1. The Labute approximate surface area is 139 Å². The van der Waals surface area contributed by atoms with E-state index in [0.29, 0.717) is 4.88 Å². The highest BCUT2D eigenvalue weighted by atomic mass is 32.1. The minimum atomic E-state index is -0.572. The molecule has 2 aromatic rings. The van der Waals surface area contributed by atoms with Gasteiger partial charge in [-0.2, -0.15) is 0 Å². The molecule has 1 amide bonds. The van der Waals surface area contributed by atoms with E-state index in [9.17, 15) is 25.0 Å². The maximum absolute atomic E-state index is 11.9. The van der Waals surface area contributed by atoms with E-state index in [1.54, 1.807) is 0 Å². The van der Waals surface area contributed by atoms with E-state index < -0.39 is 15.8 Å². The van der Waals surface area contributed by atoms with Crippen molar-refractivity contribution >= 4 is 39.7 Å². The van der Waals surface area contributed by atoms with Gasteiger partial charge in [0.2, 0.25) is 5.91 Å². The smallest absolute Gasteiger partial charge is 0.324 e. The number of non-ortho nitro benzene ring substituents is 1. The Kier molecular flexibility index (Phi) is 5.22. The Balaban J connectivity index is 2.10. The van der Waals surface area contributed by atoms with Crippen molar-refractivity contribution in [3.05, 3.63) is 61.5 Å². The average Bonchev–Trinajstić information content (AvgIpc) is 3.02. The van der Waals surface area contributed by atoms with Gasteiger partial charge in [-0.05, 0) is 18.2 Å². The van der Waals surface area contributed by atoms with Crippen LogP contribution >= 0.6 is 11.3 Å². The summed E-state index contributed by atoms with van der Waals surface area (Å²) < 4.78 is 5.01. The molecule has 0 bridgehead atoms. The number of carbonyl (C=O) groups is 1. The third kappa shape index (κ3) is 4.14. The quantitative estimate of drug-likeness (QED) is 0.485. The van der Waals surface area contributed by atoms with Gasteiger partial charge in [0.05, 0.1) is 28.7 Å². The van der Waals surface area contributed by atoms with Crippen molar-refractivity contribution in [3.63, 3.8) is 0 Å². The minimum absolute atomic E-state index is 0.0212. The number of anilines is 1. The number of carbonyl (C=O) groups excluding carboxylic acids is 1. The van der Waals surface area contributed by atoms with Crippen molar-refractivity contribution in [1.82, 2.24) is 0 Å². The van der Waals surface area contributed by atoms with E-state index in [1.807, 2.05) is 0 Å². The van der Waals surface area contributed by atoms with Crippen molar-refractivity contribution in [2.75, 3.05) is 12.4 Å². The second-order valence-corrected chi connectivity index (χ2v) is 5.49. The van der Waals surface area contributed by atoms with E-state index >= 15 is 0 Å². The molecule has 1 aromatic carbocycles. The number of rotatable bonds is 6. The zero-order valence-electron chi connectivity index (χ0n) is 12.3. The maximum Gasteiger partial charge on any atom is 0.324 e. The van der Waals surface area contributed by atoms with Crippen molar-refractivity contribution in [1.29, 1.82) is 0 Å². The molecule has 0 atom stereocenters. The fourth-order valence-corrected chi connectivity index (χ4v) is 2.48. The lowest BCUT2D eigenvalue weighted by atomic mass is 10.2. The molecule has 24 heavy (non-hydrogen) atoms. The van der Waals surface area contributed by atoms with E-state index in [1.165, 1.54) is 49.6 Å². The average molecular weight is 349 g/mol. The first-order valence-electron chi connectivity index (χ1n) is 6.46. The lowest BCUT2D eigenvalue weighted by Crippen LogP contribution is -2.09. The van der Waals surface area contributed by atoms with Crippen molar-refractivity contribution in [2.24, 2.45) is 0 Å². The summed E-state index contributed by atoms with van der Waals surface area (Å²) in [4.78, 5) is 32.7. The van der Waals surface area contributed by atoms with Crippen LogP contribution in [0, 0.1) is 20.2 Å². The molecule has 0 aliphatic heterocycles. The number of nitrogens with zero attached hydrogens (tertiary/aromatic N) is 2. The van der Waals surface area contributed by atoms with Gasteiger partial charge >= 0.3 is 5.00 Å². The van der Waals surface area contributed by atoms with Crippen LogP contribution in [0.15, 0.2) is 36.4 Å². The monoisotopic (exact) mass is 349 g/mol. The van der Waals surface area contributed by atoms with Gasteiger partial charge in [-0.1, -0.05) is 11.3 Å². The van der Waals surface area contributed by atoms with E-state index in [2.05, 4.69) is 5.32 Å². The highest BCUT2D eigenvalue weighted by Gasteiger charge is 2.13. The zero-order chi connectivity index (χ0) is 17.7. The summed E-state index contributed by atoms with van der Waals surface area (Å²) in [6, 6.07) is 6.67. The summed E-state index contributed by atoms with van der Waals surface area (Å²) >= 11 is 0.937. The molecular formula is C14H11N3O6S. The van der Waals surface area contributed by atoms with Crippen LogP contribution in [0.4, 0.5) is 16.4 Å². The standard InChI is InChI=1S/C14H11N3O6S/c1-23-12-8-9(16(19)20)2-5-11(12)15-13(18)6-3-10-4-7-14(24-10)17(21)22/h2-8H,1H3,(H,15,18). The SMILES string of the molecule is COc1cc([N+](=O)[O-])ccc1NC(=O)C=Cc1ccc([N+](=O)[O-])s1. The second kappa shape index (κ2) is 7.33. The fraction of sp³-hybridized carbons (Fsp3) is 0.0714. The first kappa shape index (κ1) is 17.1. The zero-order valence-corrected chi connectivity index (χ0v) is 13.1. The molecule has 0 saturated heterocycles. The van der Waals surface area contributed by atoms with Crippen LogP contribution < -0.4 is 10.1 Å². The van der Waals surface area contributed by atoms with Gasteiger partial charge in [-0.25, -0.2) is 0 Å². The van der Waals surface area contributed by atoms with Crippen LogP contribution in [-0.4, -0.2) is 22.9 Å². The molecule has 2 rings (SSSR count). The van der Waals surface area contributed by atoms with Crippen LogP contribution in [0.1, 0.15) is 4.88 Å². The third-order valence-electron chi connectivity index (χ3n) is 2.85. The molecule has 0 aliphatic carbocycles. The Bertz CT molecular complexity index is 830. The van der Waals surface area contributed by atoms with E-state index in [-0.39, 0.29) is 22.1 Å². The summed E-state index contributed by atoms with van der Waals surface area (Å²) in [6.45, 7) is 0. The number of methoxy groups -OCH3 is 1. The number of thiophene rings is 1. The number of amides is 1. The number of ether oxygens (including phenoxy) is 1. The lowest BCUT2D eigenvalue weighted by Gasteiger charge is -2.08. The number of hydrogen-bond acceptors (Lipinski definition) is 7. The van der Waals surface area contributed by atoms with Gasteiger partial charge in [-0.15, -0.1) is 0 Å². The number of benzene rings is 1. The van der Waals surface area contributed by atoms with Gasteiger partial charge in [0.15, 0.2) is 0 Å². The minimum Gasteiger partial charge on any atom is -0.494 e. The second-order valence-electron chi connectivity index (χ2n) is 4.40. The predicted octanol–water partition coefficient (Wildman–Crippen LogP) is 3.23. The lowest BCUT2D eigenvalue weighted by molar-refractivity contribution is -0.384. The van der Waals surface area contributed by atoms with E-state index in [0.717, 1.165) is 11.3 Å². The predicted molar refractivity (Wildman–Crippen MR) is 88.3 cm³/mol. The molecule has 10 heteroatoms. The fourth-order valence-electron chi connectivity index (χ4n) is 1.76. The summed E-state index contributed by atoms with van der Waals surface area (Å²) in [5.74, 6) is -0.351. The van der Waals surface area contributed by atoms with Gasteiger partial charge in [0.25, 0.3) is 5.69 Å². The maximum atomic E-state index is 11.9. The molecule has 0 unspecified atom stereocenters. The first-order valence-corrected chi connectivity index (χ1v) is 7.28. The third-order valence-corrected chi connectivity index (χ3v) is 3.85. The van der Waals surface area contributed by atoms with Gasteiger partial charge in [-0.3, -0.25) is 25.0 Å². The van der Waals surface area contributed by atoms with Crippen LogP contribution in [0.5, 0.6) is 5.75 Å². The molecule has 0 fully saturated rings. The topological polar surface area (TPSA) is 125 Å². The summed E-state index contributed by atoms with van der Waals surface area (Å²) in [5, 5.41) is 23.8. The van der Waals surface area contributed by atoms with Crippen molar-refractivity contribution in [2.45, 2.75) is 0 Å². The van der Waals surface area contributed by atoms with Crippen molar-refractivity contribution < 1.29 is 19.4 Å². The summed E-state index contributed by atoms with van der Waals surface area (Å²) in [6.07, 6.45) is 2.64. The largest absolute Gasteiger partial charge is 0.494 e. The molecule has 1 aromatic heterocycles. The molecule has 0 saturated carbocycles. The molecule has 1 heterocycles. The Morgan fingerprint density at radius 3 is 2.54 bits per heavy atom. The number of nitro groups is 2. The van der Waals surface area contributed by atoms with Crippen molar-refractivity contribution in [3.8, 4) is 5.75 Å². The number of hydrogen-bond donors (Lipinski definition) is 1. The Morgan fingerprint density at radius 1 is 1.21 bits per heavy atom. The molecular weight excluding hydrogens is 338 g/mol. The summed E-state index contributed by atoms with van der Waals surface area (Å²) in [5.41, 5.74) is 0.112. The Morgan fingerprint density at radius 2 is 1.96 bits per heavy atom. The first-order chi connectivity index (χ1) is 11.4. The van der Waals surface area contributed by atoms with Gasteiger partial charge < -0.3 is 10.1 Å². The molecule has 1 N–H and O–H groups in total. The summed E-state index contributed by atoms with van der Waals surface area (Å²) in [7, 11) is 1.33. The number of nitro benzene ring substituents is 1.